The van der Waals surface area contributed by atoms with Gasteiger partial charge in [0.05, 0.1) is 11.3 Å². The van der Waals surface area contributed by atoms with Gasteiger partial charge in [-0.05, 0) is 23.1 Å². The molecule has 0 fully saturated rings. The summed E-state index contributed by atoms with van der Waals surface area (Å²) in [5.41, 5.74) is -0.0645. The van der Waals surface area contributed by atoms with Crippen LogP contribution in [0.2, 0.25) is 0 Å². The Kier molecular flexibility index (Phi) is 6.07. The lowest BCUT2D eigenvalue weighted by molar-refractivity contribution is -0.137. The van der Waals surface area contributed by atoms with E-state index in [1.165, 1.54) is 18.5 Å². The van der Waals surface area contributed by atoms with E-state index in [4.69, 9.17) is 0 Å². The highest BCUT2D eigenvalue weighted by molar-refractivity contribution is 14.1. The lowest BCUT2D eigenvalue weighted by atomic mass is 10.0. The SMILES string of the molecule is CI.FC(F)(F)c1ccccc1-c1cc2cccnc2c(Nc2ncn[nH]2)n1. The maximum Gasteiger partial charge on any atom is 0.417 e. The number of hydrogen-bond acceptors (Lipinski definition) is 5. The number of benzene rings is 1. The summed E-state index contributed by atoms with van der Waals surface area (Å²) < 4.78 is 40.1. The van der Waals surface area contributed by atoms with Crippen molar-refractivity contribution in [3.63, 3.8) is 0 Å². The number of anilines is 2. The van der Waals surface area contributed by atoms with Crippen molar-refractivity contribution < 1.29 is 13.2 Å². The summed E-state index contributed by atoms with van der Waals surface area (Å²) in [4.78, 5) is 14.5. The Morgan fingerprint density at radius 2 is 1.82 bits per heavy atom. The summed E-state index contributed by atoms with van der Waals surface area (Å²) in [7, 11) is 0. The first kappa shape index (κ1) is 20.0. The number of H-pyrrole nitrogens is 1. The third-order valence-electron chi connectivity index (χ3n) is 3.75. The van der Waals surface area contributed by atoms with Crippen LogP contribution in [0.25, 0.3) is 22.2 Å². The predicted octanol–water partition coefficient (Wildman–Crippen LogP) is 5.23. The molecule has 28 heavy (non-hydrogen) atoms. The smallest absolute Gasteiger partial charge is 0.307 e. The Labute approximate surface area is 171 Å². The molecular formula is C18H14F3IN6. The number of hydrogen-bond donors (Lipinski definition) is 2. The molecule has 0 atom stereocenters. The normalized spacial score (nSPS) is 11.0. The van der Waals surface area contributed by atoms with E-state index in [-0.39, 0.29) is 17.1 Å². The molecule has 3 heterocycles. The van der Waals surface area contributed by atoms with Gasteiger partial charge in [0.2, 0.25) is 5.95 Å². The molecule has 4 aromatic rings. The molecule has 4 rings (SSSR count). The van der Waals surface area contributed by atoms with Crippen molar-refractivity contribution in [3.05, 3.63) is 60.6 Å². The van der Waals surface area contributed by atoms with Gasteiger partial charge in [0, 0.05) is 17.1 Å². The van der Waals surface area contributed by atoms with E-state index in [9.17, 15) is 13.2 Å². The average Bonchev–Trinajstić information content (AvgIpc) is 3.22. The lowest BCUT2D eigenvalue weighted by Gasteiger charge is -2.14. The highest BCUT2D eigenvalue weighted by Gasteiger charge is 2.33. The van der Waals surface area contributed by atoms with Gasteiger partial charge in [0.25, 0.3) is 0 Å². The molecule has 0 saturated heterocycles. The Morgan fingerprint density at radius 3 is 2.54 bits per heavy atom. The van der Waals surface area contributed by atoms with Gasteiger partial charge in [-0.15, -0.1) is 0 Å². The fourth-order valence-electron chi connectivity index (χ4n) is 2.64. The third kappa shape index (κ3) is 4.21. The zero-order chi connectivity index (χ0) is 20.1. The van der Waals surface area contributed by atoms with Crippen molar-refractivity contribution in [1.29, 1.82) is 0 Å². The molecule has 1 aromatic carbocycles. The predicted molar refractivity (Wildman–Crippen MR) is 110 cm³/mol. The van der Waals surface area contributed by atoms with Crippen LogP contribution in [0.1, 0.15) is 5.56 Å². The van der Waals surface area contributed by atoms with Crippen LogP contribution in [0.15, 0.2) is 55.0 Å². The zero-order valence-corrected chi connectivity index (χ0v) is 16.7. The van der Waals surface area contributed by atoms with Crippen molar-refractivity contribution in [3.8, 4) is 11.3 Å². The second-order valence-electron chi connectivity index (χ2n) is 5.43. The van der Waals surface area contributed by atoms with Gasteiger partial charge in [-0.25, -0.2) is 10.1 Å². The minimum absolute atomic E-state index is 0.00799. The number of alkyl halides is 4. The van der Waals surface area contributed by atoms with E-state index < -0.39 is 11.7 Å². The number of nitrogens with one attached hydrogen (secondary N) is 2. The van der Waals surface area contributed by atoms with E-state index in [2.05, 4.69) is 53.1 Å². The van der Waals surface area contributed by atoms with Crippen LogP contribution in [0.4, 0.5) is 24.9 Å². The van der Waals surface area contributed by atoms with Gasteiger partial charge >= 0.3 is 6.18 Å². The molecule has 0 aliphatic heterocycles. The molecule has 0 amide bonds. The fourth-order valence-corrected chi connectivity index (χ4v) is 2.64. The summed E-state index contributed by atoms with van der Waals surface area (Å²) in [6, 6.07) is 10.4. The summed E-state index contributed by atoms with van der Waals surface area (Å²) >= 11 is 2.15. The average molecular weight is 498 g/mol. The molecule has 2 N–H and O–H groups in total. The van der Waals surface area contributed by atoms with Crippen molar-refractivity contribution in [2.24, 2.45) is 0 Å². The Morgan fingerprint density at radius 1 is 1.04 bits per heavy atom. The highest BCUT2D eigenvalue weighted by atomic mass is 127. The first-order valence-electron chi connectivity index (χ1n) is 7.95. The number of pyridine rings is 2. The number of fused-ring (bicyclic) bond motifs is 1. The van der Waals surface area contributed by atoms with Gasteiger partial charge in [0.1, 0.15) is 11.8 Å². The first-order valence-corrected chi connectivity index (χ1v) is 10.1. The molecule has 144 valence electrons. The van der Waals surface area contributed by atoms with Gasteiger partial charge < -0.3 is 5.32 Å². The summed E-state index contributed by atoms with van der Waals surface area (Å²) in [5.74, 6) is 0.595. The molecule has 0 aliphatic carbocycles. The standard InChI is InChI=1S/C17H11F3N6.CH3I/c18-17(19,20)12-6-2-1-5-11(12)13-8-10-4-3-7-21-14(10)15(24-13)25-16-22-9-23-26-16;1-2/h1-9H,(H2,22,23,24,25,26);1H3. The van der Waals surface area contributed by atoms with Gasteiger partial charge in [-0.2, -0.15) is 23.3 Å². The Hall–Kier alpha value is -2.76. The van der Waals surface area contributed by atoms with Crippen LogP contribution in [0.5, 0.6) is 0 Å². The number of halogens is 4. The topological polar surface area (TPSA) is 79.4 Å². The first-order chi connectivity index (χ1) is 13.5. The minimum Gasteiger partial charge on any atom is -0.307 e. The van der Waals surface area contributed by atoms with Gasteiger partial charge in [-0.3, -0.25) is 4.98 Å². The van der Waals surface area contributed by atoms with Crippen LogP contribution < -0.4 is 5.32 Å². The van der Waals surface area contributed by atoms with Crippen LogP contribution in [-0.4, -0.2) is 30.1 Å². The number of aromatic amines is 1. The monoisotopic (exact) mass is 498 g/mol. The third-order valence-corrected chi connectivity index (χ3v) is 3.75. The van der Waals surface area contributed by atoms with Crippen LogP contribution in [-0.2, 0) is 6.18 Å². The molecule has 3 aromatic heterocycles. The second kappa shape index (κ2) is 8.50. The van der Waals surface area contributed by atoms with Crippen molar-refractivity contribution >= 4 is 45.3 Å². The van der Waals surface area contributed by atoms with Crippen LogP contribution in [0, 0.1) is 0 Å². The zero-order valence-electron chi connectivity index (χ0n) is 14.5. The van der Waals surface area contributed by atoms with E-state index in [0.29, 0.717) is 16.9 Å². The summed E-state index contributed by atoms with van der Waals surface area (Å²) in [5, 5.41) is 9.92. The Balaban J connectivity index is 0.00000109. The van der Waals surface area contributed by atoms with Crippen molar-refractivity contribution in [2.45, 2.75) is 6.18 Å². The second-order valence-corrected chi connectivity index (χ2v) is 5.43. The molecule has 0 unspecified atom stereocenters. The maximum absolute atomic E-state index is 13.4. The number of nitrogens with zero attached hydrogens (tertiary/aromatic N) is 4. The van der Waals surface area contributed by atoms with E-state index in [1.807, 2.05) is 4.93 Å². The molecule has 10 heteroatoms. The lowest BCUT2D eigenvalue weighted by Crippen LogP contribution is -2.08. The largest absolute Gasteiger partial charge is 0.417 e. The quantitative estimate of drug-likeness (QED) is 0.299. The number of rotatable bonds is 3. The molecular weight excluding hydrogens is 484 g/mol. The van der Waals surface area contributed by atoms with Crippen molar-refractivity contribution in [2.75, 3.05) is 10.2 Å². The van der Waals surface area contributed by atoms with Crippen LogP contribution >= 0.6 is 22.6 Å². The van der Waals surface area contributed by atoms with E-state index in [1.54, 1.807) is 30.5 Å². The molecule has 6 nitrogen and oxygen atoms in total. The van der Waals surface area contributed by atoms with E-state index >= 15 is 0 Å². The van der Waals surface area contributed by atoms with Gasteiger partial charge in [-0.1, -0.05) is 46.9 Å². The van der Waals surface area contributed by atoms with Gasteiger partial charge in [0.15, 0.2) is 5.82 Å². The molecule has 0 radical (unpaired) electrons. The molecule has 0 saturated carbocycles. The highest BCUT2D eigenvalue weighted by Crippen LogP contribution is 2.37. The van der Waals surface area contributed by atoms with Crippen molar-refractivity contribution in [1.82, 2.24) is 25.1 Å². The minimum atomic E-state index is -4.49. The molecule has 0 bridgehead atoms. The molecule has 0 aliphatic rings. The summed E-state index contributed by atoms with van der Waals surface area (Å²) in [6.07, 6.45) is -1.60. The van der Waals surface area contributed by atoms with Crippen LogP contribution in [0.3, 0.4) is 0 Å². The summed E-state index contributed by atoms with van der Waals surface area (Å²) in [6.45, 7) is 0. The number of aromatic nitrogens is 5. The maximum atomic E-state index is 13.4. The fraction of sp³-hybridized carbons (Fsp3) is 0.111. The molecule has 0 spiro atoms. The van der Waals surface area contributed by atoms with E-state index in [0.717, 1.165) is 6.07 Å². The Bertz CT molecular complexity index is 1070.